The van der Waals surface area contributed by atoms with Crippen molar-refractivity contribution in [2.45, 2.75) is 26.7 Å². The van der Waals surface area contributed by atoms with Gasteiger partial charge in [-0.3, -0.25) is 4.72 Å². The van der Waals surface area contributed by atoms with Crippen LogP contribution in [0.4, 0.5) is 17.2 Å². The van der Waals surface area contributed by atoms with Crippen LogP contribution in [0.15, 0.2) is 42.6 Å². The lowest BCUT2D eigenvalue weighted by molar-refractivity contribution is 0.600. The van der Waals surface area contributed by atoms with Gasteiger partial charge in [-0.25, -0.2) is 13.4 Å². The minimum Gasteiger partial charge on any atom is -0.340 e. The van der Waals surface area contributed by atoms with Gasteiger partial charge in [0, 0.05) is 5.69 Å². The van der Waals surface area contributed by atoms with Gasteiger partial charge in [0.05, 0.1) is 17.6 Å². The van der Waals surface area contributed by atoms with Crippen molar-refractivity contribution < 1.29 is 8.42 Å². The molecule has 2 rings (SSSR count). The number of sulfonamides is 1. The van der Waals surface area contributed by atoms with Gasteiger partial charge in [0.1, 0.15) is 5.82 Å². The number of anilines is 3. The van der Waals surface area contributed by atoms with Gasteiger partial charge in [0.25, 0.3) is 0 Å². The highest BCUT2D eigenvalue weighted by atomic mass is 32.2. The van der Waals surface area contributed by atoms with E-state index < -0.39 is 10.0 Å². The van der Waals surface area contributed by atoms with Crippen molar-refractivity contribution in [3.63, 3.8) is 0 Å². The Labute approximate surface area is 131 Å². The number of hydrogen-bond donors (Lipinski definition) is 2. The second kappa shape index (κ2) is 7.26. The molecule has 0 unspecified atom stereocenters. The van der Waals surface area contributed by atoms with Gasteiger partial charge in [-0.05, 0) is 42.7 Å². The molecule has 0 saturated carbocycles. The molecule has 0 spiro atoms. The summed E-state index contributed by atoms with van der Waals surface area (Å²) >= 11 is 0. The molecule has 1 aromatic carbocycles. The molecule has 22 heavy (non-hydrogen) atoms. The molecule has 0 fully saturated rings. The predicted octanol–water partition coefficient (Wildman–Crippen LogP) is 3.54. The molecule has 1 heterocycles. The maximum absolute atomic E-state index is 11.7. The molecule has 118 valence electrons. The first kappa shape index (κ1) is 16.3. The van der Waals surface area contributed by atoms with Crippen LogP contribution in [0.1, 0.15) is 25.8 Å². The Hall–Kier alpha value is -2.08. The largest absolute Gasteiger partial charge is 0.340 e. The summed E-state index contributed by atoms with van der Waals surface area (Å²) in [4.78, 5) is 4.22. The number of rotatable bonds is 7. The molecule has 0 radical (unpaired) electrons. The highest BCUT2D eigenvalue weighted by Crippen LogP contribution is 2.17. The van der Waals surface area contributed by atoms with Crippen molar-refractivity contribution in [1.82, 2.24) is 4.98 Å². The molecule has 5 nitrogen and oxygen atoms in total. The fourth-order valence-electron chi connectivity index (χ4n) is 2.00. The summed E-state index contributed by atoms with van der Waals surface area (Å²) in [5.74, 6) is 0.777. The quantitative estimate of drug-likeness (QED) is 0.819. The molecule has 6 heteroatoms. The molecule has 1 aromatic heterocycles. The number of hydrogen-bond acceptors (Lipinski definition) is 4. The third kappa shape index (κ3) is 4.73. The third-order valence-electron chi connectivity index (χ3n) is 3.14. The normalized spacial score (nSPS) is 11.2. The van der Waals surface area contributed by atoms with E-state index in [2.05, 4.69) is 34.1 Å². The van der Waals surface area contributed by atoms with E-state index in [4.69, 9.17) is 0 Å². The Kier molecular flexibility index (Phi) is 5.38. The summed E-state index contributed by atoms with van der Waals surface area (Å²) in [6, 6.07) is 11.6. The molecular formula is C16H21N3O2S. The second-order valence-corrected chi connectivity index (χ2v) is 6.87. The Morgan fingerprint density at radius 1 is 1.00 bits per heavy atom. The van der Waals surface area contributed by atoms with Crippen LogP contribution in [-0.2, 0) is 16.4 Å². The molecule has 2 aromatic rings. The van der Waals surface area contributed by atoms with E-state index in [-0.39, 0.29) is 5.75 Å². The van der Waals surface area contributed by atoms with Crippen molar-refractivity contribution in [3.05, 3.63) is 48.2 Å². The lowest BCUT2D eigenvalue weighted by Crippen LogP contribution is -2.16. The lowest BCUT2D eigenvalue weighted by Gasteiger charge is -2.09. The first-order valence-corrected chi connectivity index (χ1v) is 9.00. The minimum absolute atomic E-state index is 0.108. The fourth-order valence-corrected chi connectivity index (χ4v) is 3.12. The number of aromatic nitrogens is 1. The molecule has 2 N–H and O–H groups in total. The van der Waals surface area contributed by atoms with Crippen molar-refractivity contribution in [2.24, 2.45) is 0 Å². The SMILES string of the molecule is CCCS(=O)(=O)Nc1ccc(Nc2ccc(CC)cc2)nc1. The Morgan fingerprint density at radius 3 is 2.23 bits per heavy atom. The first-order chi connectivity index (χ1) is 10.5. The molecule has 0 atom stereocenters. The van der Waals surface area contributed by atoms with E-state index >= 15 is 0 Å². The highest BCUT2D eigenvalue weighted by molar-refractivity contribution is 7.92. The molecule has 0 aliphatic carbocycles. The average molecular weight is 319 g/mol. The monoisotopic (exact) mass is 319 g/mol. The number of pyridine rings is 1. The zero-order chi connectivity index (χ0) is 16.0. The van der Waals surface area contributed by atoms with Gasteiger partial charge in [-0.2, -0.15) is 0 Å². The van der Waals surface area contributed by atoms with Gasteiger partial charge in [-0.15, -0.1) is 0 Å². The number of benzene rings is 1. The van der Waals surface area contributed by atoms with E-state index in [1.54, 1.807) is 12.1 Å². The van der Waals surface area contributed by atoms with Gasteiger partial charge in [0.15, 0.2) is 0 Å². The number of aryl methyl sites for hydroxylation is 1. The van der Waals surface area contributed by atoms with E-state index in [9.17, 15) is 8.42 Å². The van der Waals surface area contributed by atoms with Crippen LogP contribution < -0.4 is 10.0 Å². The zero-order valence-electron chi connectivity index (χ0n) is 12.8. The minimum atomic E-state index is -3.27. The van der Waals surface area contributed by atoms with Crippen LogP contribution >= 0.6 is 0 Å². The zero-order valence-corrected chi connectivity index (χ0v) is 13.7. The first-order valence-electron chi connectivity index (χ1n) is 7.35. The topological polar surface area (TPSA) is 71.1 Å². The average Bonchev–Trinajstić information content (AvgIpc) is 2.49. The van der Waals surface area contributed by atoms with Gasteiger partial charge >= 0.3 is 0 Å². The van der Waals surface area contributed by atoms with Crippen LogP contribution in [0.2, 0.25) is 0 Å². The molecule has 0 saturated heterocycles. The van der Waals surface area contributed by atoms with Crippen LogP contribution in [0.3, 0.4) is 0 Å². The Bertz CT molecular complexity index is 695. The van der Waals surface area contributed by atoms with Crippen molar-refractivity contribution in [2.75, 3.05) is 15.8 Å². The highest BCUT2D eigenvalue weighted by Gasteiger charge is 2.08. The van der Waals surface area contributed by atoms with E-state index in [0.29, 0.717) is 17.9 Å². The molecule has 0 aliphatic rings. The maximum Gasteiger partial charge on any atom is 0.232 e. The number of nitrogens with zero attached hydrogens (tertiary/aromatic N) is 1. The van der Waals surface area contributed by atoms with Crippen molar-refractivity contribution in [3.8, 4) is 0 Å². The summed E-state index contributed by atoms with van der Waals surface area (Å²) < 4.78 is 25.9. The van der Waals surface area contributed by atoms with E-state index in [1.807, 2.05) is 19.1 Å². The summed E-state index contributed by atoms with van der Waals surface area (Å²) in [6.45, 7) is 3.94. The summed E-state index contributed by atoms with van der Waals surface area (Å²) in [6.07, 6.45) is 3.09. The number of nitrogens with one attached hydrogen (secondary N) is 2. The molecule has 0 bridgehead atoms. The third-order valence-corrected chi connectivity index (χ3v) is 4.64. The Balaban J connectivity index is 2.02. The van der Waals surface area contributed by atoms with Gasteiger partial charge in [0.2, 0.25) is 10.0 Å². The van der Waals surface area contributed by atoms with E-state index in [1.165, 1.54) is 11.8 Å². The van der Waals surface area contributed by atoms with Crippen molar-refractivity contribution in [1.29, 1.82) is 0 Å². The van der Waals surface area contributed by atoms with Crippen LogP contribution in [-0.4, -0.2) is 19.2 Å². The fraction of sp³-hybridized carbons (Fsp3) is 0.312. The van der Waals surface area contributed by atoms with Crippen LogP contribution in [0.25, 0.3) is 0 Å². The Morgan fingerprint density at radius 2 is 1.68 bits per heavy atom. The van der Waals surface area contributed by atoms with Crippen molar-refractivity contribution >= 4 is 27.2 Å². The molecule has 0 amide bonds. The summed E-state index contributed by atoms with van der Waals surface area (Å²) in [5.41, 5.74) is 2.70. The van der Waals surface area contributed by atoms with Crippen LogP contribution in [0, 0.1) is 0 Å². The smallest absolute Gasteiger partial charge is 0.232 e. The van der Waals surface area contributed by atoms with E-state index in [0.717, 1.165) is 12.1 Å². The predicted molar refractivity (Wildman–Crippen MR) is 91.0 cm³/mol. The molecule has 0 aliphatic heterocycles. The maximum atomic E-state index is 11.7. The van der Waals surface area contributed by atoms with Gasteiger partial charge < -0.3 is 5.32 Å². The standard InChI is InChI=1S/C16H21N3O2S/c1-3-11-22(20,21)19-15-9-10-16(17-12-15)18-14-7-5-13(4-2)6-8-14/h5-10,12,19H,3-4,11H2,1-2H3,(H,17,18). The summed E-state index contributed by atoms with van der Waals surface area (Å²) in [5, 5.41) is 3.18. The lowest BCUT2D eigenvalue weighted by atomic mass is 10.1. The second-order valence-electron chi connectivity index (χ2n) is 5.03. The van der Waals surface area contributed by atoms with Crippen LogP contribution in [0.5, 0.6) is 0 Å². The summed E-state index contributed by atoms with van der Waals surface area (Å²) in [7, 11) is -3.27. The molecular weight excluding hydrogens is 298 g/mol. The van der Waals surface area contributed by atoms with Gasteiger partial charge in [-0.1, -0.05) is 26.0 Å².